The molecule has 0 bridgehead atoms. The van der Waals surface area contributed by atoms with Crippen molar-refractivity contribution in [2.45, 2.75) is 19.5 Å². The van der Waals surface area contributed by atoms with Gasteiger partial charge in [-0.3, -0.25) is 0 Å². The molecule has 1 heterocycles. The van der Waals surface area contributed by atoms with E-state index in [1.54, 1.807) is 6.92 Å². The van der Waals surface area contributed by atoms with Gasteiger partial charge in [-0.2, -0.15) is 13.2 Å². The smallest absolute Gasteiger partial charge is 0.405 e. The maximum absolute atomic E-state index is 12.4. The number of pyridine rings is 1. The summed E-state index contributed by atoms with van der Waals surface area (Å²) in [6, 6.07) is 2.52. The highest BCUT2D eigenvalue weighted by Gasteiger charge is 2.31. The first kappa shape index (κ1) is 14.3. The first-order valence-corrected chi connectivity index (χ1v) is 5.34. The summed E-state index contributed by atoms with van der Waals surface area (Å²) in [5.74, 6) is -1.04. The second kappa shape index (κ2) is 5.70. The van der Waals surface area contributed by atoms with Gasteiger partial charge in [0.05, 0.1) is 5.56 Å². The molecule has 0 unspecified atom stereocenters. The van der Waals surface area contributed by atoms with Crippen LogP contribution in [0.2, 0.25) is 0 Å². The first-order valence-electron chi connectivity index (χ1n) is 5.34. The number of halogens is 3. The zero-order valence-electron chi connectivity index (χ0n) is 9.74. The minimum absolute atomic E-state index is 0.0535. The maximum atomic E-state index is 12.4. The number of alkyl halides is 3. The minimum atomic E-state index is -4.32. The summed E-state index contributed by atoms with van der Waals surface area (Å²) >= 11 is 0. The van der Waals surface area contributed by atoms with Crippen LogP contribution in [0.5, 0.6) is 0 Å². The SMILES string of the molecule is CCCN(CC(F)(F)F)c1ccc(C(=O)O)cn1. The Balaban J connectivity index is 2.88. The standard InChI is InChI=1S/C11H13F3N2O2/c1-2-5-16(7-11(12,13)14)9-4-3-8(6-15-9)10(17)18/h3-4,6H,2,5,7H2,1H3,(H,17,18). The first-order chi connectivity index (χ1) is 8.33. The van der Waals surface area contributed by atoms with Crippen LogP contribution in [-0.4, -0.2) is 35.3 Å². The van der Waals surface area contributed by atoms with Gasteiger partial charge in [-0.1, -0.05) is 6.92 Å². The largest absolute Gasteiger partial charge is 0.478 e. The number of nitrogens with zero attached hydrogens (tertiary/aromatic N) is 2. The predicted molar refractivity (Wildman–Crippen MR) is 59.8 cm³/mol. The molecular formula is C11H13F3N2O2. The Hall–Kier alpha value is -1.79. The second-order valence-electron chi connectivity index (χ2n) is 3.75. The van der Waals surface area contributed by atoms with Crippen molar-refractivity contribution in [3.63, 3.8) is 0 Å². The van der Waals surface area contributed by atoms with Crippen LogP contribution in [0.1, 0.15) is 23.7 Å². The molecule has 1 N–H and O–H groups in total. The van der Waals surface area contributed by atoms with Crippen molar-refractivity contribution in [3.05, 3.63) is 23.9 Å². The lowest BCUT2D eigenvalue weighted by atomic mass is 10.2. The van der Waals surface area contributed by atoms with Crippen molar-refractivity contribution in [2.24, 2.45) is 0 Å². The number of hydrogen-bond acceptors (Lipinski definition) is 3. The van der Waals surface area contributed by atoms with E-state index in [1.807, 2.05) is 0 Å². The van der Waals surface area contributed by atoms with Crippen LogP contribution in [0, 0.1) is 0 Å². The molecule has 100 valence electrons. The molecule has 0 aliphatic carbocycles. The zero-order chi connectivity index (χ0) is 13.8. The lowest BCUT2D eigenvalue weighted by molar-refractivity contribution is -0.119. The quantitative estimate of drug-likeness (QED) is 0.886. The van der Waals surface area contributed by atoms with E-state index < -0.39 is 18.7 Å². The van der Waals surface area contributed by atoms with Crippen molar-refractivity contribution < 1.29 is 23.1 Å². The Morgan fingerprint density at radius 3 is 2.50 bits per heavy atom. The fraction of sp³-hybridized carbons (Fsp3) is 0.455. The summed E-state index contributed by atoms with van der Waals surface area (Å²) in [6.07, 6.45) is -2.72. The molecule has 0 radical (unpaired) electrons. The maximum Gasteiger partial charge on any atom is 0.405 e. The van der Waals surface area contributed by atoms with E-state index in [2.05, 4.69) is 4.98 Å². The minimum Gasteiger partial charge on any atom is -0.478 e. The van der Waals surface area contributed by atoms with Gasteiger partial charge in [0.2, 0.25) is 0 Å². The van der Waals surface area contributed by atoms with Gasteiger partial charge < -0.3 is 10.0 Å². The monoisotopic (exact) mass is 262 g/mol. The third kappa shape index (κ3) is 4.23. The second-order valence-corrected chi connectivity index (χ2v) is 3.75. The van der Waals surface area contributed by atoms with Crippen molar-refractivity contribution >= 4 is 11.8 Å². The number of aromatic nitrogens is 1. The van der Waals surface area contributed by atoms with Crippen LogP contribution in [-0.2, 0) is 0 Å². The Morgan fingerprint density at radius 2 is 2.11 bits per heavy atom. The number of carboxylic acid groups (broad SMARTS) is 1. The van der Waals surface area contributed by atoms with Gasteiger partial charge in [-0.25, -0.2) is 9.78 Å². The summed E-state index contributed by atoms with van der Waals surface area (Å²) in [5.41, 5.74) is -0.0535. The molecule has 0 saturated carbocycles. The van der Waals surface area contributed by atoms with Crippen molar-refractivity contribution in [1.82, 2.24) is 4.98 Å². The van der Waals surface area contributed by atoms with E-state index in [0.717, 1.165) is 11.1 Å². The average Bonchev–Trinajstić information content (AvgIpc) is 2.27. The van der Waals surface area contributed by atoms with Crippen LogP contribution < -0.4 is 4.90 Å². The molecule has 0 aliphatic heterocycles. The van der Waals surface area contributed by atoms with E-state index in [0.29, 0.717) is 6.42 Å². The van der Waals surface area contributed by atoms with Crippen molar-refractivity contribution in [2.75, 3.05) is 18.0 Å². The summed E-state index contributed by atoms with van der Waals surface area (Å²) in [7, 11) is 0. The molecule has 18 heavy (non-hydrogen) atoms. The number of hydrogen-bond donors (Lipinski definition) is 1. The number of aromatic carboxylic acids is 1. The number of anilines is 1. The van der Waals surface area contributed by atoms with E-state index in [-0.39, 0.29) is 17.9 Å². The Kier molecular flexibility index (Phi) is 4.52. The van der Waals surface area contributed by atoms with E-state index in [9.17, 15) is 18.0 Å². The van der Waals surface area contributed by atoms with Crippen LogP contribution in [0.25, 0.3) is 0 Å². The van der Waals surface area contributed by atoms with Crippen LogP contribution in [0.4, 0.5) is 19.0 Å². The topological polar surface area (TPSA) is 53.4 Å². The molecule has 1 aromatic heterocycles. The summed E-state index contributed by atoms with van der Waals surface area (Å²) in [5, 5.41) is 8.67. The zero-order valence-corrected chi connectivity index (χ0v) is 9.74. The molecular weight excluding hydrogens is 249 g/mol. The van der Waals surface area contributed by atoms with E-state index in [4.69, 9.17) is 5.11 Å². The molecule has 7 heteroatoms. The molecule has 0 atom stereocenters. The van der Waals surface area contributed by atoms with Crippen LogP contribution in [0.3, 0.4) is 0 Å². The van der Waals surface area contributed by atoms with E-state index >= 15 is 0 Å². The van der Waals surface area contributed by atoms with Crippen molar-refractivity contribution in [3.8, 4) is 0 Å². The average molecular weight is 262 g/mol. The lowest BCUT2D eigenvalue weighted by Crippen LogP contribution is -2.35. The Labute approximate surface area is 102 Å². The van der Waals surface area contributed by atoms with Crippen LogP contribution >= 0.6 is 0 Å². The highest BCUT2D eigenvalue weighted by molar-refractivity contribution is 5.87. The highest BCUT2D eigenvalue weighted by atomic mass is 19.4. The number of carbonyl (C=O) groups is 1. The predicted octanol–water partition coefficient (Wildman–Crippen LogP) is 2.56. The Bertz CT molecular complexity index is 404. The molecule has 0 aromatic carbocycles. The summed E-state index contributed by atoms with van der Waals surface area (Å²) < 4.78 is 37.1. The molecule has 0 fully saturated rings. The van der Waals surface area contributed by atoms with Gasteiger partial charge in [0.15, 0.2) is 0 Å². The summed E-state index contributed by atoms with van der Waals surface area (Å²) in [6.45, 7) is 0.869. The van der Waals surface area contributed by atoms with E-state index in [1.165, 1.54) is 12.1 Å². The Morgan fingerprint density at radius 1 is 1.44 bits per heavy atom. The molecule has 0 aliphatic rings. The van der Waals surface area contributed by atoms with Gasteiger partial charge in [-0.05, 0) is 18.6 Å². The fourth-order valence-electron chi connectivity index (χ4n) is 1.46. The van der Waals surface area contributed by atoms with Crippen LogP contribution in [0.15, 0.2) is 18.3 Å². The molecule has 0 amide bonds. The van der Waals surface area contributed by atoms with Gasteiger partial charge >= 0.3 is 12.1 Å². The lowest BCUT2D eigenvalue weighted by Gasteiger charge is -2.24. The molecule has 1 aromatic rings. The van der Waals surface area contributed by atoms with Gasteiger partial charge in [0.25, 0.3) is 0 Å². The fourth-order valence-corrected chi connectivity index (χ4v) is 1.46. The number of rotatable bonds is 5. The molecule has 0 saturated heterocycles. The third-order valence-electron chi connectivity index (χ3n) is 2.18. The molecule has 4 nitrogen and oxygen atoms in total. The summed E-state index contributed by atoms with van der Waals surface area (Å²) in [4.78, 5) is 15.4. The molecule has 1 rings (SSSR count). The van der Waals surface area contributed by atoms with Crippen molar-refractivity contribution in [1.29, 1.82) is 0 Å². The highest BCUT2D eigenvalue weighted by Crippen LogP contribution is 2.21. The van der Waals surface area contributed by atoms with Gasteiger partial charge in [0, 0.05) is 12.7 Å². The van der Waals surface area contributed by atoms with Gasteiger partial charge in [0.1, 0.15) is 12.4 Å². The third-order valence-corrected chi connectivity index (χ3v) is 2.18. The normalized spacial score (nSPS) is 11.3. The van der Waals surface area contributed by atoms with Gasteiger partial charge in [-0.15, -0.1) is 0 Å². The molecule has 0 spiro atoms. The number of carboxylic acids is 1.